The fraction of sp³-hybridized carbons (Fsp3) is 0.667. The number of rotatable bonds is 3. The SMILES string of the molecule is C=C(O)CC1C(O)CCCC1C(=C)C. The predicted molar refractivity (Wildman–Crippen MR) is 58.0 cm³/mol. The van der Waals surface area contributed by atoms with Crippen LogP contribution < -0.4 is 0 Å². The van der Waals surface area contributed by atoms with E-state index >= 15 is 0 Å². The Hall–Kier alpha value is -0.760. The highest BCUT2D eigenvalue weighted by Gasteiger charge is 2.32. The van der Waals surface area contributed by atoms with Gasteiger partial charge in [0, 0.05) is 6.42 Å². The zero-order valence-corrected chi connectivity index (χ0v) is 8.87. The third-order valence-corrected chi connectivity index (χ3v) is 3.13. The highest BCUT2D eigenvalue weighted by atomic mass is 16.3. The summed E-state index contributed by atoms with van der Waals surface area (Å²) in [5.74, 6) is 0.614. The molecule has 0 aromatic carbocycles. The van der Waals surface area contributed by atoms with E-state index in [1.54, 1.807) is 0 Å². The maximum Gasteiger partial charge on any atom is 0.0855 e. The fourth-order valence-corrected chi connectivity index (χ4v) is 2.41. The van der Waals surface area contributed by atoms with Gasteiger partial charge in [-0.15, -0.1) is 0 Å². The van der Waals surface area contributed by atoms with Gasteiger partial charge in [-0.2, -0.15) is 0 Å². The minimum Gasteiger partial charge on any atom is -0.513 e. The van der Waals surface area contributed by atoms with Gasteiger partial charge in [0.1, 0.15) is 0 Å². The van der Waals surface area contributed by atoms with Gasteiger partial charge in [-0.05, 0) is 31.6 Å². The maximum atomic E-state index is 9.84. The van der Waals surface area contributed by atoms with Crippen molar-refractivity contribution < 1.29 is 10.2 Å². The molecule has 1 aliphatic carbocycles. The summed E-state index contributed by atoms with van der Waals surface area (Å²) in [7, 11) is 0. The Labute approximate surface area is 86.0 Å². The van der Waals surface area contributed by atoms with Gasteiger partial charge in [0.2, 0.25) is 0 Å². The Bertz CT molecular complexity index is 232. The number of aliphatic hydroxyl groups excluding tert-OH is 2. The number of allylic oxidation sites excluding steroid dienone is 2. The summed E-state index contributed by atoms with van der Waals surface area (Å²) in [5.41, 5.74) is 1.11. The van der Waals surface area contributed by atoms with Crippen LogP contribution in [0.4, 0.5) is 0 Å². The second-order valence-electron chi connectivity index (χ2n) is 4.39. The van der Waals surface area contributed by atoms with Crippen molar-refractivity contribution in [2.75, 3.05) is 0 Å². The van der Waals surface area contributed by atoms with E-state index in [1.807, 2.05) is 6.92 Å². The molecule has 0 amide bonds. The van der Waals surface area contributed by atoms with E-state index in [-0.39, 0.29) is 17.8 Å². The first kappa shape index (κ1) is 11.3. The molecule has 0 aliphatic heterocycles. The van der Waals surface area contributed by atoms with Crippen molar-refractivity contribution in [1.82, 2.24) is 0 Å². The third kappa shape index (κ3) is 2.61. The van der Waals surface area contributed by atoms with Gasteiger partial charge < -0.3 is 10.2 Å². The zero-order valence-electron chi connectivity index (χ0n) is 8.87. The molecule has 0 aromatic heterocycles. The molecule has 14 heavy (non-hydrogen) atoms. The van der Waals surface area contributed by atoms with Crippen LogP contribution in [0.15, 0.2) is 24.5 Å². The van der Waals surface area contributed by atoms with Crippen molar-refractivity contribution in [2.24, 2.45) is 11.8 Å². The zero-order chi connectivity index (χ0) is 10.7. The van der Waals surface area contributed by atoms with E-state index in [1.165, 1.54) is 0 Å². The van der Waals surface area contributed by atoms with Crippen molar-refractivity contribution in [2.45, 2.75) is 38.7 Å². The van der Waals surface area contributed by atoms with Crippen LogP contribution in [0.25, 0.3) is 0 Å². The van der Waals surface area contributed by atoms with Gasteiger partial charge >= 0.3 is 0 Å². The van der Waals surface area contributed by atoms with E-state index in [0.717, 1.165) is 24.8 Å². The van der Waals surface area contributed by atoms with E-state index in [2.05, 4.69) is 13.2 Å². The molecule has 3 unspecified atom stereocenters. The van der Waals surface area contributed by atoms with E-state index in [4.69, 9.17) is 0 Å². The lowest BCUT2D eigenvalue weighted by Crippen LogP contribution is -2.33. The smallest absolute Gasteiger partial charge is 0.0855 e. The average Bonchev–Trinajstić information content (AvgIpc) is 2.07. The third-order valence-electron chi connectivity index (χ3n) is 3.13. The minimum atomic E-state index is -0.311. The van der Waals surface area contributed by atoms with Gasteiger partial charge in [-0.3, -0.25) is 0 Å². The van der Waals surface area contributed by atoms with Crippen molar-refractivity contribution in [3.05, 3.63) is 24.5 Å². The molecule has 0 bridgehead atoms. The summed E-state index contributed by atoms with van der Waals surface area (Å²) in [4.78, 5) is 0. The molecule has 2 heteroatoms. The first-order chi connectivity index (χ1) is 6.52. The first-order valence-electron chi connectivity index (χ1n) is 5.22. The normalized spacial score (nSPS) is 32.6. The summed E-state index contributed by atoms with van der Waals surface area (Å²) in [6, 6.07) is 0. The van der Waals surface area contributed by atoms with Gasteiger partial charge in [0.15, 0.2) is 0 Å². The van der Waals surface area contributed by atoms with Gasteiger partial charge in [-0.25, -0.2) is 0 Å². The maximum absolute atomic E-state index is 9.84. The van der Waals surface area contributed by atoms with E-state index in [9.17, 15) is 10.2 Å². The molecule has 1 aliphatic rings. The standard InChI is InChI=1S/C12H20O2/c1-8(2)10-5-4-6-12(14)11(10)7-9(3)13/h10-14H,1,3-7H2,2H3. The highest BCUT2D eigenvalue weighted by Crippen LogP contribution is 2.37. The van der Waals surface area contributed by atoms with Gasteiger partial charge in [0.25, 0.3) is 0 Å². The summed E-state index contributed by atoms with van der Waals surface area (Å²) in [6.07, 6.45) is 3.15. The highest BCUT2D eigenvalue weighted by molar-refractivity contribution is 5.04. The molecule has 0 spiro atoms. The Morgan fingerprint density at radius 3 is 2.50 bits per heavy atom. The summed E-state index contributed by atoms with van der Waals surface area (Å²) in [5, 5.41) is 19.0. The lowest BCUT2D eigenvalue weighted by Gasteiger charge is -2.35. The largest absolute Gasteiger partial charge is 0.513 e. The summed E-state index contributed by atoms with van der Waals surface area (Å²) >= 11 is 0. The summed E-state index contributed by atoms with van der Waals surface area (Å²) in [6.45, 7) is 9.44. The van der Waals surface area contributed by atoms with Crippen LogP contribution in [-0.2, 0) is 0 Å². The molecule has 1 rings (SSSR count). The van der Waals surface area contributed by atoms with Crippen molar-refractivity contribution in [3.8, 4) is 0 Å². The number of hydrogen-bond donors (Lipinski definition) is 2. The summed E-state index contributed by atoms with van der Waals surface area (Å²) < 4.78 is 0. The molecule has 0 aromatic rings. The fourth-order valence-electron chi connectivity index (χ4n) is 2.41. The molecule has 0 heterocycles. The first-order valence-corrected chi connectivity index (χ1v) is 5.22. The lowest BCUT2D eigenvalue weighted by molar-refractivity contribution is 0.0386. The monoisotopic (exact) mass is 196 g/mol. The number of aliphatic hydroxyl groups is 2. The molecule has 80 valence electrons. The Kier molecular flexibility index (Phi) is 3.76. The molecule has 1 saturated carbocycles. The Balaban J connectivity index is 2.70. The molecule has 2 N–H and O–H groups in total. The average molecular weight is 196 g/mol. The van der Waals surface area contributed by atoms with Crippen LogP contribution in [0.3, 0.4) is 0 Å². The molecular weight excluding hydrogens is 176 g/mol. The second kappa shape index (κ2) is 4.65. The molecule has 2 nitrogen and oxygen atoms in total. The van der Waals surface area contributed by atoms with Crippen LogP contribution in [0.5, 0.6) is 0 Å². The quantitative estimate of drug-likeness (QED) is 0.538. The molecule has 3 atom stereocenters. The van der Waals surface area contributed by atoms with E-state index in [0.29, 0.717) is 12.3 Å². The van der Waals surface area contributed by atoms with Gasteiger partial charge in [-0.1, -0.05) is 25.2 Å². The Morgan fingerprint density at radius 1 is 1.36 bits per heavy atom. The predicted octanol–water partition coefficient (Wildman–Crippen LogP) is 2.80. The topological polar surface area (TPSA) is 40.5 Å². The molecule has 0 saturated heterocycles. The van der Waals surface area contributed by atoms with Crippen LogP contribution in [0, 0.1) is 11.8 Å². The van der Waals surface area contributed by atoms with Crippen molar-refractivity contribution in [3.63, 3.8) is 0 Å². The number of hydrogen-bond acceptors (Lipinski definition) is 2. The van der Waals surface area contributed by atoms with Crippen LogP contribution in [0.1, 0.15) is 32.6 Å². The molecule has 1 fully saturated rings. The van der Waals surface area contributed by atoms with Crippen LogP contribution >= 0.6 is 0 Å². The Morgan fingerprint density at radius 2 is 2.00 bits per heavy atom. The van der Waals surface area contributed by atoms with Crippen molar-refractivity contribution >= 4 is 0 Å². The van der Waals surface area contributed by atoms with Gasteiger partial charge in [0.05, 0.1) is 11.9 Å². The van der Waals surface area contributed by atoms with E-state index < -0.39 is 0 Å². The molecule has 0 radical (unpaired) electrons. The molecular formula is C12H20O2. The van der Waals surface area contributed by atoms with Crippen molar-refractivity contribution in [1.29, 1.82) is 0 Å². The van der Waals surface area contributed by atoms with Crippen LogP contribution in [-0.4, -0.2) is 16.3 Å². The minimum absolute atomic E-state index is 0.110. The lowest BCUT2D eigenvalue weighted by atomic mass is 9.72. The van der Waals surface area contributed by atoms with Crippen LogP contribution in [0.2, 0.25) is 0 Å². The second-order valence-corrected chi connectivity index (χ2v) is 4.39.